The van der Waals surface area contributed by atoms with E-state index in [0.29, 0.717) is 11.5 Å². The van der Waals surface area contributed by atoms with Gasteiger partial charge in [-0.3, -0.25) is 0 Å². The Hall–Kier alpha value is -1.97. The first-order chi connectivity index (χ1) is 7.75. The zero-order chi connectivity index (χ0) is 12.0. The van der Waals surface area contributed by atoms with Crippen molar-refractivity contribution in [2.75, 3.05) is 6.79 Å². The first kappa shape index (κ1) is 12.1. The van der Waals surface area contributed by atoms with Crippen molar-refractivity contribution in [3.05, 3.63) is 29.8 Å². The number of carboxylic acid groups (broad SMARTS) is 1. The topological polar surface area (TPSA) is 55.8 Å². The molecule has 0 fully saturated rings. The highest BCUT2D eigenvalue weighted by Gasteiger charge is 2.12. The van der Waals surface area contributed by atoms with E-state index in [4.69, 9.17) is 14.6 Å². The first-order valence-electron chi connectivity index (χ1n) is 5.06. The lowest BCUT2D eigenvalue weighted by Crippen LogP contribution is -1.92. The molecule has 1 aliphatic rings. The van der Waals surface area contributed by atoms with E-state index in [1.165, 1.54) is 6.08 Å². The fourth-order valence-electron chi connectivity index (χ4n) is 1.18. The molecule has 0 aliphatic carbocycles. The van der Waals surface area contributed by atoms with Crippen LogP contribution in [0.1, 0.15) is 19.4 Å². The van der Waals surface area contributed by atoms with Crippen LogP contribution >= 0.6 is 0 Å². The van der Waals surface area contributed by atoms with Crippen LogP contribution < -0.4 is 9.47 Å². The maximum Gasteiger partial charge on any atom is 0.328 e. The highest BCUT2D eigenvalue weighted by molar-refractivity contribution is 5.85. The van der Waals surface area contributed by atoms with E-state index in [1.54, 1.807) is 18.2 Å². The van der Waals surface area contributed by atoms with Crippen LogP contribution in [0.25, 0.3) is 6.08 Å². The summed E-state index contributed by atoms with van der Waals surface area (Å²) in [6.45, 7) is 4.22. The van der Waals surface area contributed by atoms with Crippen molar-refractivity contribution in [3.8, 4) is 11.5 Å². The number of fused-ring (bicyclic) bond motifs is 1. The zero-order valence-electron chi connectivity index (χ0n) is 9.27. The third-order valence-electron chi connectivity index (χ3n) is 1.81. The van der Waals surface area contributed by atoms with Crippen LogP contribution in [0.4, 0.5) is 0 Å². The van der Waals surface area contributed by atoms with Gasteiger partial charge in [-0.1, -0.05) is 19.9 Å². The Morgan fingerprint density at radius 2 is 2.00 bits per heavy atom. The average molecular weight is 222 g/mol. The number of carboxylic acids is 1. The summed E-state index contributed by atoms with van der Waals surface area (Å²) >= 11 is 0. The SMILES string of the molecule is CC.O=C(O)/C=C/c1ccc2c(c1)OCO2. The monoisotopic (exact) mass is 222 g/mol. The van der Waals surface area contributed by atoms with Gasteiger partial charge in [0.1, 0.15) is 0 Å². The van der Waals surface area contributed by atoms with Crippen LogP contribution in [0.5, 0.6) is 11.5 Å². The molecule has 1 heterocycles. The lowest BCUT2D eigenvalue weighted by Gasteiger charge is -1.96. The maximum atomic E-state index is 10.3. The molecule has 0 bridgehead atoms. The molecule has 0 unspecified atom stereocenters. The Labute approximate surface area is 94.1 Å². The fraction of sp³-hybridized carbons (Fsp3) is 0.250. The lowest BCUT2D eigenvalue weighted by molar-refractivity contribution is -0.131. The number of rotatable bonds is 2. The van der Waals surface area contributed by atoms with Crippen molar-refractivity contribution >= 4 is 12.0 Å². The Morgan fingerprint density at radius 3 is 2.69 bits per heavy atom. The molecule has 0 spiro atoms. The van der Waals surface area contributed by atoms with E-state index < -0.39 is 5.97 Å². The summed E-state index contributed by atoms with van der Waals surface area (Å²) < 4.78 is 10.3. The third kappa shape index (κ3) is 3.02. The highest BCUT2D eigenvalue weighted by atomic mass is 16.7. The molecule has 1 aliphatic heterocycles. The summed E-state index contributed by atoms with van der Waals surface area (Å²) in [6.07, 6.45) is 2.59. The molecule has 0 aromatic heterocycles. The van der Waals surface area contributed by atoms with Crippen LogP contribution in [0.15, 0.2) is 24.3 Å². The molecule has 0 atom stereocenters. The molecule has 0 radical (unpaired) electrons. The van der Waals surface area contributed by atoms with Gasteiger partial charge in [0.15, 0.2) is 11.5 Å². The van der Waals surface area contributed by atoms with Crippen molar-refractivity contribution < 1.29 is 19.4 Å². The van der Waals surface area contributed by atoms with Gasteiger partial charge in [-0.05, 0) is 23.8 Å². The molecule has 2 rings (SSSR count). The minimum atomic E-state index is -0.970. The van der Waals surface area contributed by atoms with Gasteiger partial charge in [0.25, 0.3) is 0 Å². The average Bonchev–Trinajstić information content (AvgIpc) is 2.76. The second-order valence-corrected chi connectivity index (χ2v) is 2.78. The van der Waals surface area contributed by atoms with Crippen LogP contribution in [0.2, 0.25) is 0 Å². The Balaban J connectivity index is 0.000000606. The maximum absolute atomic E-state index is 10.3. The standard InChI is InChI=1S/C10H8O4.C2H6/c11-10(12)4-2-7-1-3-8-9(5-7)14-6-13-8;1-2/h1-5H,6H2,(H,11,12);1-2H3/b4-2+;. The molecule has 1 aromatic carbocycles. The summed E-state index contributed by atoms with van der Waals surface area (Å²) in [5.41, 5.74) is 0.775. The van der Waals surface area contributed by atoms with E-state index in [-0.39, 0.29) is 6.79 Å². The van der Waals surface area contributed by atoms with Crippen molar-refractivity contribution in [1.29, 1.82) is 0 Å². The number of aliphatic carboxylic acids is 1. The summed E-state index contributed by atoms with van der Waals surface area (Å²) in [4.78, 5) is 10.3. The largest absolute Gasteiger partial charge is 0.478 e. The van der Waals surface area contributed by atoms with Crippen LogP contribution in [0.3, 0.4) is 0 Å². The number of carbonyl (C=O) groups is 1. The predicted octanol–water partition coefficient (Wildman–Crippen LogP) is 2.54. The van der Waals surface area contributed by atoms with Gasteiger partial charge in [-0.25, -0.2) is 4.79 Å². The van der Waals surface area contributed by atoms with Gasteiger partial charge in [-0.15, -0.1) is 0 Å². The lowest BCUT2D eigenvalue weighted by atomic mass is 10.2. The Morgan fingerprint density at radius 1 is 1.31 bits per heavy atom. The Kier molecular flexibility index (Phi) is 4.39. The van der Waals surface area contributed by atoms with Crippen molar-refractivity contribution in [2.45, 2.75) is 13.8 Å². The minimum absolute atomic E-state index is 0.224. The molecular weight excluding hydrogens is 208 g/mol. The summed E-state index contributed by atoms with van der Waals surface area (Å²) in [7, 11) is 0. The van der Waals surface area contributed by atoms with Crippen molar-refractivity contribution in [1.82, 2.24) is 0 Å². The van der Waals surface area contributed by atoms with E-state index in [9.17, 15) is 4.79 Å². The molecular formula is C12H14O4. The van der Waals surface area contributed by atoms with Crippen molar-refractivity contribution in [3.63, 3.8) is 0 Å². The van der Waals surface area contributed by atoms with Crippen LogP contribution in [0, 0.1) is 0 Å². The quantitative estimate of drug-likeness (QED) is 0.781. The number of hydrogen-bond donors (Lipinski definition) is 1. The van der Waals surface area contributed by atoms with E-state index in [2.05, 4.69) is 0 Å². The summed E-state index contributed by atoms with van der Waals surface area (Å²) in [5, 5.41) is 8.43. The third-order valence-corrected chi connectivity index (χ3v) is 1.81. The molecule has 1 aromatic rings. The van der Waals surface area contributed by atoms with Gasteiger partial charge in [0.2, 0.25) is 6.79 Å². The number of ether oxygens (including phenoxy) is 2. The van der Waals surface area contributed by atoms with Crippen LogP contribution in [-0.4, -0.2) is 17.9 Å². The van der Waals surface area contributed by atoms with Gasteiger partial charge in [0, 0.05) is 6.08 Å². The molecule has 16 heavy (non-hydrogen) atoms. The Bertz CT molecular complexity index is 396. The predicted molar refractivity (Wildman–Crippen MR) is 60.6 cm³/mol. The summed E-state index contributed by atoms with van der Waals surface area (Å²) in [5.74, 6) is 0.373. The molecule has 0 amide bonds. The highest BCUT2D eigenvalue weighted by Crippen LogP contribution is 2.32. The van der Waals surface area contributed by atoms with E-state index >= 15 is 0 Å². The molecule has 4 nitrogen and oxygen atoms in total. The van der Waals surface area contributed by atoms with Crippen LogP contribution in [-0.2, 0) is 4.79 Å². The minimum Gasteiger partial charge on any atom is -0.478 e. The second kappa shape index (κ2) is 5.80. The second-order valence-electron chi connectivity index (χ2n) is 2.78. The molecule has 0 saturated carbocycles. The van der Waals surface area contributed by atoms with Crippen molar-refractivity contribution in [2.24, 2.45) is 0 Å². The number of benzene rings is 1. The smallest absolute Gasteiger partial charge is 0.328 e. The van der Waals surface area contributed by atoms with E-state index in [0.717, 1.165) is 11.6 Å². The molecule has 1 N–H and O–H groups in total. The normalized spacial score (nSPS) is 12.1. The molecule has 0 saturated heterocycles. The van der Waals surface area contributed by atoms with Gasteiger partial charge >= 0.3 is 5.97 Å². The molecule has 86 valence electrons. The van der Waals surface area contributed by atoms with Gasteiger partial charge in [-0.2, -0.15) is 0 Å². The van der Waals surface area contributed by atoms with E-state index in [1.807, 2.05) is 13.8 Å². The first-order valence-corrected chi connectivity index (χ1v) is 5.06. The zero-order valence-corrected chi connectivity index (χ0v) is 9.27. The van der Waals surface area contributed by atoms with Gasteiger partial charge in [0.05, 0.1) is 0 Å². The molecule has 4 heteroatoms. The van der Waals surface area contributed by atoms with Gasteiger partial charge < -0.3 is 14.6 Å². The summed E-state index contributed by atoms with van der Waals surface area (Å²) in [6, 6.07) is 5.26. The number of hydrogen-bond acceptors (Lipinski definition) is 3. The fourth-order valence-corrected chi connectivity index (χ4v) is 1.18.